The molecule has 0 aromatic carbocycles. The van der Waals surface area contributed by atoms with Crippen LogP contribution in [0.4, 0.5) is 0 Å². The maximum atomic E-state index is 12.2. The molecule has 7 nitrogen and oxygen atoms in total. The van der Waals surface area contributed by atoms with Gasteiger partial charge >= 0.3 is 0 Å². The summed E-state index contributed by atoms with van der Waals surface area (Å²) in [4.78, 5) is 18.7. The van der Waals surface area contributed by atoms with Crippen LogP contribution < -0.4 is 5.32 Å². The average Bonchev–Trinajstić information content (AvgIpc) is 3.07. The summed E-state index contributed by atoms with van der Waals surface area (Å²) in [7, 11) is 0. The maximum Gasteiger partial charge on any atom is 0.221 e. The Bertz CT molecular complexity index is 667. The van der Waals surface area contributed by atoms with Gasteiger partial charge in [0.1, 0.15) is 0 Å². The van der Waals surface area contributed by atoms with Crippen molar-refractivity contribution in [3.8, 4) is 0 Å². The van der Waals surface area contributed by atoms with Gasteiger partial charge < -0.3 is 10.1 Å². The normalized spacial score (nSPS) is 16.5. The summed E-state index contributed by atoms with van der Waals surface area (Å²) in [6.07, 6.45) is 5.92. The van der Waals surface area contributed by atoms with Gasteiger partial charge in [-0.1, -0.05) is 0 Å². The molecule has 0 bridgehead atoms. The van der Waals surface area contributed by atoms with E-state index in [2.05, 4.69) is 20.3 Å². The molecule has 1 aliphatic heterocycles. The number of nitrogens with one attached hydrogen (secondary N) is 1. The molecule has 134 valence electrons. The first-order valence-electron chi connectivity index (χ1n) is 8.71. The highest BCUT2D eigenvalue weighted by atomic mass is 16.5. The maximum absolute atomic E-state index is 12.2. The van der Waals surface area contributed by atoms with E-state index < -0.39 is 0 Å². The predicted molar refractivity (Wildman–Crippen MR) is 94.0 cm³/mol. The average molecular weight is 343 g/mol. The molecule has 7 heteroatoms. The summed E-state index contributed by atoms with van der Waals surface area (Å²) < 4.78 is 7.25. The van der Waals surface area contributed by atoms with E-state index in [4.69, 9.17) is 4.74 Å². The van der Waals surface area contributed by atoms with Gasteiger partial charge in [0.05, 0.1) is 24.9 Å². The molecule has 3 heterocycles. The van der Waals surface area contributed by atoms with Crippen LogP contribution in [-0.4, -0.2) is 58.4 Å². The van der Waals surface area contributed by atoms with Crippen molar-refractivity contribution in [2.45, 2.75) is 25.9 Å². The first-order chi connectivity index (χ1) is 12.2. The summed E-state index contributed by atoms with van der Waals surface area (Å²) >= 11 is 0. The Hall–Kier alpha value is -2.25. The van der Waals surface area contributed by atoms with Gasteiger partial charge in [0.25, 0.3) is 0 Å². The van der Waals surface area contributed by atoms with E-state index in [-0.39, 0.29) is 11.9 Å². The molecule has 25 heavy (non-hydrogen) atoms. The largest absolute Gasteiger partial charge is 0.379 e. The van der Waals surface area contributed by atoms with Gasteiger partial charge in [-0.05, 0) is 30.7 Å². The zero-order valence-corrected chi connectivity index (χ0v) is 14.6. The van der Waals surface area contributed by atoms with Crippen LogP contribution in [0.3, 0.4) is 0 Å². The number of morpholine rings is 1. The Balaban J connectivity index is 1.55. The van der Waals surface area contributed by atoms with Crippen LogP contribution in [0.1, 0.15) is 23.7 Å². The lowest BCUT2D eigenvalue weighted by atomic mass is 10.1. The minimum atomic E-state index is 0.0421. The quantitative estimate of drug-likeness (QED) is 0.817. The SMILES string of the molecule is Cc1ccn(CCC(=O)NC[C@H](c2ccncc2)N2CCOCC2)n1. The smallest absolute Gasteiger partial charge is 0.221 e. The van der Waals surface area contributed by atoms with Crippen molar-refractivity contribution >= 4 is 5.91 Å². The molecule has 0 unspecified atom stereocenters. The summed E-state index contributed by atoms with van der Waals surface area (Å²) in [5.74, 6) is 0.0421. The van der Waals surface area contributed by atoms with Crippen LogP contribution in [0.5, 0.6) is 0 Å². The Morgan fingerprint density at radius 1 is 1.28 bits per heavy atom. The molecule has 1 aliphatic rings. The fourth-order valence-electron chi connectivity index (χ4n) is 3.04. The van der Waals surface area contributed by atoms with Gasteiger partial charge in [0, 0.05) is 51.2 Å². The van der Waals surface area contributed by atoms with Gasteiger partial charge in [-0.3, -0.25) is 19.4 Å². The molecule has 3 rings (SSSR count). The molecular weight excluding hydrogens is 318 g/mol. The summed E-state index contributed by atoms with van der Waals surface area (Å²) in [5.41, 5.74) is 2.13. The second-order valence-electron chi connectivity index (χ2n) is 6.22. The van der Waals surface area contributed by atoms with Crippen LogP contribution in [0.25, 0.3) is 0 Å². The van der Waals surface area contributed by atoms with E-state index in [0.29, 0.717) is 19.5 Å². The van der Waals surface area contributed by atoms with Crippen molar-refractivity contribution in [3.63, 3.8) is 0 Å². The number of hydrogen-bond donors (Lipinski definition) is 1. The molecule has 2 aromatic heterocycles. The van der Waals surface area contributed by atoms with Crippen LogP contribution in [0.2, 0.25) is 0 Å². The van der Waals surface area contributed by atoms with E-state index in [1.54, 1.807) is 17.1 Å². The van der Waals surface area contributed by atoms with E-state index in [1.165, 1.54) is 5.56 Å². The lowest BCUT2D eigenvalue weighted by Crippen LogP contribution is -2.43. The number of aryl methyl sites for hydroxylation is 2. The van der Waals surface area contributed by atoms with E-state index in [1.807, 2.05) is 31.3 Å². The monoisotopic (exact) mass is 343 g/mol. The van der Waals surface area contributed by atoms with Crippen molar-refractivity contribution in [1.29, 1.82) is 0 Å². The topological polar surface area (TPSA) is 72.3 Å². The molecular formula is C18H25N5O2. The standard InChI is InChI=1S/C18H25N5O2/c1-15-4-8-23(21-15)9-5-18(24)20-14-17(16-2-6-19-7-3-16)22-10-12-25-13-11-22/h2-4,6-8,17H,5,9-14H2,1H3,(H,20,24)/t17-/m1/s1. The molecule has 0 spiro atoms. The number of carbonyl (C=O) groups is 1. The summed E-state index contributed by atoms with van der Waals surface area (Å²) in [6, 6.07) is 6.11. The first kappa shape index (κ1) is 17.6. The van der Waals surface area contributed by atoms with Crippen LogP contribution in [0, 0.1) is 6.92 Å². The molecule has 1 atom stereocenters. The fraction of sp³-hybridized carbons (Fsp3) is 0.500. The summed E-state index contributed by atoms with van der Waals surface area (Å²) in [5, 5.41) is 7.38. The lowest BCUT2D eigenvalue weighted by molar-refractivity contribution is -0.121. The number of hydrogen-bond acceptors (Lipinski definition) is 5. The van der Waals surface area contributed by atoms with Gasteiger partial charge in [-0.15, -0.1) is 0 Å². The van der Waals surface area contributed by atoms with E-state index >= 15 is 0 Å². The zero-order chi connectivity index (χ0) is 17.5. The Labute approximate surface area is 148 Å². The Kier molecular flexibility index (Phi) is 6.14. The molecule has 1 amide bonds. The number of amides is 1. The number of aromatic nitrogens is 3. The first-order valence-corrected chi connectivity index (χ1v) is 8.71. The van der Waals surface area contributed by atoms with Crippen LogP contribution in [-0.2, 0) is 16.1 Å². The van der Waals surface area contributed by atoms with Crippen LogP contribution >= 0.6 is 0 Å². The highest BCUT2D eigenvalue weighted by Gasteiger charge is 2.23. The molecule has 0 saturated carbocycles. The number of pyridine rings is 1. The molecule has 0 radical (unpaired) electrons. The Morgan fingerprint density at radius 2 is 2.04 bits per heavy atom. The minimum absolute atomic E-state index is 0.0421. The zero-order valence-electron chi connectivity index (χ0n) is 14.6. The second-order valence-corrected chi connectivity index (χ2v) is 6.22. The van der Waals surface area contributed by atoms with Crippen molar-refractivity contribution in [2.24, 2.45) is 0 Å². The van der Waals surface area contributed by atoms with Crippen molar-refractivity contribution in [2.75, 3.05) is 32.8 Å². The van der Waals surface area contributed by atoms with E-state index in [9.17, 15) is 4.79 Å². The van der Waals surface area contributed by atoms with Crippen molar-refractivity contribution < 1.29 is 9.53 Å². The van der Waals surface area contributed by atoms with E-state index in [0.717, 1.165) is 32.0 Å². The highest BCUT2D eigenvalue weighted by molar-refractivity contribution is 5.75. The third kappa shape index (κ3) is 5.11. The van der Waals surface area contributed by atoms with Gasteiger partial charge in [0.2, 0.25) is 5.91 Å². The molecule has 1 saturated heterocycles. The molecule has 1 fully saturated rings. The number of nitrogens with zero attached hydrogens (tertiary/aromatic N) is 4. The molecule has 1 N–H and O–H groups in total. The van der Waals surface area contributed by atoms with Gasteiger partial charge in [-0.25, -0.2) is 0 Å². The number of carbonyl (C=O) groups excluding carboxylic acids is 1. The molecule has 0 aliphatic carbocycles. The van der Waals surface area contributed by atoms with Gasteiger partial charge in [-0.2, -0.15) is 5.10 Å². The lowest BCUT2D eigenvalue weighted by Gasteiger charge is -2.34. The van der Waals surface area contributed by atoms with Crippen LogP contribution in [0.15, 0.2) is 36.8 Å². The predicted octanol–water partition coefficient (Wildman–Crippen LogP) is 1.17. The third-order valence-electron chi connectivity index (χ3n) is 4.41. The summed E-state index contributed by atoms with van der Waals surface area (Å²) in [6.45, 7) is 6.32. The van der Waals surface area contributed by atoms with Gasteiger partial charge in [0.15, 0.2) is 0 Å². The van der Waals surface area contributed by atoms with Crippen molar-refractivity contribution in [1.82, 2.24) is 25.0 Å². The number of ether oxygens (including phenoxy) is 1. The van der Waals surface area contributed by atoms with Crippen molar-refractivity contribution in [3.05, 3.63) is 48.0 Å². The highest BCUT2D eigenvalue weighted by Crippen LogP contribution is 2.20. The third-order valence-corrected chi connectivity index (χ3v) is 4.41. The fourth-order valence-corrected chi connectivity index (χ4v) is 3.04. The minimum Gasteiger partial charge on any atom is -0.379 e. The Morgan fingerprint density at radius 3 is 2.72 bits per heavy atom. The second kappa shape index (κ2) is 8.73. The number of rotatable bonds is 7. The molecule has 2 aromatic rings.